The van der Waals surface area contributed by atoms with Crippen LogP contribution in [0.5, 0.6) is 0 Å². The highest BCUT2D eigenvalue weighted by atomic mass is 35.5. The predicted molar refractivity (Wildman–Crippen MR) is 136 cm³/mol. The van der Waals surface area contributed by atoms with Gasteiger partial charge in [0.1, 0.15) is 24.7 Å². The van der Waals surface area contributed by atoms with Crippen molar-refractivity contribution in [3.05, 3.63) is 119 Å². The van der Waals surface area contributed by atoms with E-state index in [9.17, 15) is 9.18 Å². The third-order valence-electron chi connectivity index (χ3n) is 6.13. The second-order valence-electron chi connectivity index (χ2n) is 8.43. The summed E-state index contributed by atoms with van der Waals surface area (Å²) in [6.45, 7) is 0. The van der Waals surface area contributed by atoms with Crippen LogP contribution in [0.25, 0.3) is 22.2 Å². The van der Waals surface area contributed by atoms with E-state index in [0.29, 0.717) is 39.5 Å². The molecule has 1 amide bonds. The van der Waals surface area contributed by atoms with Gasteiger partial charge in [0, 0.05) is 33.0 Å². The average Bonchev–Trinajstić information content (AvgIpc) is 3.30. The molecule has 3 aromatic carbocycles. The number of carbonyl (C=O) groups excluding carboxylic acids is 1. The number of carbonyl (C=O) groups is 1. The molecule has 0 aliphatic rings. The first-order chi connectivity index (χ1) is 17.4. The van der Waals surface area contributed by atoms with E-state index in [4.69, 9.17) is 27.2 Å². The molecular formula is C28H23ClFN4O2+. The maximum absolute atomic E-state index is 13.8. The molecule has 0 unspecified atom stereocenters. The highest BCUT2D eigenvalue weighted by molar-refractivity contribution is 6.31. The van der Waals surface area contributed by atoms with E-state index in [1.807, 2.05) is 42.5 Å². The smallest absolute Gasteiger partial charge is 0.249 e. The van der Waals surface area contributed by atoms with Crippen LogP contribution in [0.2, 0.25) is 5.02 Å². The Morgan fingerprint density at radius 2 is 1.92 bits per heavy atom. The summed E-state index contributed by atoms with van der Waals surface area (Å²) in [6, 6.07) is 23.3. The van der Waals surface area contributed by atoms with Gasteiger partial charge in [-0.1, -0.05) is 41.9 Å². The van der Waals surface area contributed by atoms with Crippen molar-refractivity contribution in [1.82, 2.24) is 9.97 Å². The molecule has 1 atom stereocenters. The summed E-state index contributed by atoms with van der Waals surface area (Å²) < 4.78 is 15.5. The van der Waals surface area contributed by atoms with Crippen molar-refractivity contribution < 1.29 is 18.8 Å². The molecule has 3 N–H and O–H groups in total. The number of pyridine rings is 1. The van der Waals surface area contributed by atoms with E-state index in [0.717, 1.165) is 16.8 Å². The molecule has 8 heteroatoms. The van der Waals surface area contributed by atoms with E-state index in [2.05, 4.69) is 4.98 Å². The first kappa shape index (κ1) is 23.5. The van der Waals surface area contributed by atoms with Crippen molar-refractivity contribution in [2.75, 3.05) is 7.11 Å². The number of aromatic amines is 1. The number of halogens is 2. The topological polar surface area (TPSA) is 84.9 Å². The molecule has 180 valence electrons. The fourth-order valence-electron chi connectivity index (χ4n) is 4.40. The van der Waals surface area contributed by atoms with Crippen molar-refractivity contribution in [1.29, 1.82) is 0 Å². The second-order valence-corrected chi connectivity index (χ2v) is 8.87. The van der Waals surface area contributed by atoms with Crippen LogP contribution in [0.4, 0.5) is 4.39 Å². The lowest BCUT2D eigenvalue weighted by Crippen LogP contribution is -2.46. The van der Waals surface area contributed by atoms with Crippen LogP contribution in [-0.4, -0.2) is 23.0 Å². The Morgan fingerprint density at radius 1 is 1.11 bits per heavy atom. The number of nitrogens with two attached hydrogens (primary N) is 1. The Bertz CT molecular complexity index is 1570. The van der Waals surface area contributed by atoms with Crippen LogP contribution in [0.3, 0.4) is 0 Å². The Kier molecular flexibility index (Phi) is 6.40. The summed E-state index contributed by atoms with van der Waals surface area (Å²) in [5.74, 6) is -0.458. The molecule has 5 aromatic rings. The number of H-pyrrole nitrogens is 1. The van der Waals surface area contributed by atoms with E-state index >= 15 is 0 Å². The normalized spacial score (nSPS) is 12.0. The number of hydrogen-bond donors (Lipinski definition) is 2. The minimum absolute atomic E-state index is 0.244. The van der Waals surface area contributed by atoms with Crippen LogP contribution >= 0.6 is 11.6 Å². The van der Waals surface area contributed by atoms with Crippen LogP contribution in [0, 0.1) is 5.82 Å². The summed E-state index contributed by atoms with van der Waals surface area (Å²) in [5, 5.41) is 0.486. The number of fused-ring (bicyclic) bond motifs is 1. The van der Waals surface area contributed by atoms with E-state index in [1.54, 1.807) is 42.3 Å². The maximum atomic E-state index is 13.8. The SMILES string of the molecule is CO[n+]1cc(-c2cc(Cl)ccc2C(N)=O)ccc1[C@@H](Cc1ccccc1)c1nc2cc(F)ccc2[nH]1. The Labute approximate surface area is 212 Å². The molecule has 0 saturated heterocycles. The van der Waals surface area contributed by atoms with Gasteiger partial charge in [0.2, 0.25) is 17.8 Å². The van der Waals surface area contributed by atoms with E-state index in [1.165, 1.54) is 12.1 Å². The molecule has 6 nitrogen and oxygen atoms in total. The number of imidazole rings is 1. The minimum Gasteiger partial charge on any atom is -0.366 e. The van der Waals surface area contributed by atoms with E-state index < -0.39 is 5.91 Å². The zero-order valence-corrected chi connectivity index (χ0v) is 20.2. The van der Waals surface area contributed by atoms with Crippen molar-refractivity contribution >= 4 is 28.5 Å². The molecule has 0 spiro atoms. The zero-order valence-electron chi connectivity index (χ0n) is 19.4. The summed E-state index contributed by atoms with van der Waals surface area (Å²) in [5.41, 5.74) is 10.5. The highest BCUT2D eigenvalue weighted by Gasteiger charge is 2.30. The lowest BCUT2D eigenvalue weighted by Gasteiger charge is -2.14. The Morgan fingerprint density at radius 3 is 2.67 bits per heavy atom. The standard InChI is InChI=1S/C28H22ClFN4O2/c1-36-34-16-18(22-14-19(29)8-10-21(22)27(31)35)7-12-26(34)23(13-17-5-3-2-4-6-17)28-32-24-11-9-20(30)15-25(24)33-28/h2-12,14-16,23H,13H2,1H3,(H2-,31,32,33,35)/p+1/t23-/m1/s1. The number of primary amides is 1. The summed E-state index contributed by atoms with van der Waals surface area (Å²) in [4.78, 5) is 25.8. The molecule has 36 heavy (non-hydrogen) atoms. The molecule has 5 rings (SSSR count). The number of nitrogens with zero attached hydrogens (tertiary/aromatic N) is 2. The molecule has 0 aliphatic carbocycles. The molecule has 2 aromatic heterocycles. The summed E-state index contributed by atoms with van der Waals surface area (Å²) in [7, 11) is 1.56. The molecular weight excluding hydrogens is 479 g/mol. The predicted octanol–water partition coefficient (Wildman–Crippen LogP) is 4.84. The van der Waals surface area contributed by atoms with Gasteiger partial charge in [-0.3, -0.25) is 9.63 Å². The number of nitrogens with one attached hydrogen (secondary N) is 1. The molecule has 0 saturated carbocycles. The van der Waals surface area contributed by atoms with Crippen molar-refractivity contribution in [3.63, 3.8) is 0 Å². The number of benzene rings is 3. The molecule has 0 aliphatic heterocycles. The average molecular weight is 502 g/mol. The molecule has 0 bridgehead atoms. The van der Waals surface area contributed by atoms with Gasteiger partial charge in [0.05, 0.1) is 16.6 Å². The van der Waals surface area contributed by atoms with Gasteiger partial charge >= 0.3 is 0 Å². The molecule has 0 fully saturated rings. The van der Waals surface area contributed by atoms with Gasteiger partial charge in [-0.15, -0.1) is 0 Å². The fourth-order valence-corrected chi connectivity index (χ4v) is 4.58. The summed E-state index contributed by atoms with van der Waals surface area (Å²) in [6.07, 6.45) is 2.41. The first-order valence-electron chi connectivity index (χ1n) is 11.3. The fraction of sp³-hybridized carbons (Fsp3) is 0.107. The minimum atomic E-state index is -0.550. The van der Waals surface area contributed by atoms with Crippen molar-refractivity contribution in [2.24, 2.45) is 5.73 Å². The third kappa shape index (κ3) is 4.65. The second kappa shape index (κ2) is 9.79. The summed E-state index contributed by atoms with van der Waals surface area (Å²) >= 11 is 6.22. The molecule has 2 heterocycles. The van der Waals surface area contributed by atoms with Crippen molar-refractivity contribution in [2.45, 2.75) is 12.3 Å². The number of hydrogen-bond acceptors (Lipinski definition) is 3. The van der Waals surface area contributed by atoms with Gasteiger partial charge in [0.15, 0.2) is 0 Å². The lowest BCUT2D eigenvalue weighted by molar-refractivity contribution is -0.890. The van der Waals surface area contributed by atoms with Gasteiger partial charge in [0.25, 0.3) is 0 Å². The van der Waals surface area contributed by atoms with Gasteiger partial charge in [-0.2, -0.15) is 0 Å². The first-order valence-corrected chi connectivity index (χ1v) is 11.7. The highest BCUT2D eigenvalue weighted by Crippen LogP contribution is 2.30. The monoisotopic (exact) mass is 501 g/mol. The quantitative estimate of drug-likeness (QED) is 0.313. The van der Waals surface area contributed by atoms with Crippen LogP contribution in [0.1, 0.15) is 33.4 Å². The van der Waals surface area contributed by atoms with Gasteiger partial charge < -0.3 is 10.7 Å². The zero-order chi connectivity index (χ0) is 25.2. The van der Waals surface area contributed by atoms with Crippen LogP contribution < -0.4 is 15.3 Å². The Balaban J connectivity index is 1.64. The Hall–Kier alpha value is -4.23. The number of rotatable bonds is 7. The maximum Gasteiger partial charge on any atom is 0.249 e. The van der Waals surface area contributed by atoms with Gasteiger partial charge in [-0.25, -0.2) is 9.37 Å². The van der Waals surface area contributed by atoms with Gasteiger partial charge in [-0.05, 0) is 48.4 Å². The largest absolute Gasteiger partial charge is 0.366 e. The molecule has 0 radical (unpaired) electrons. The van der Waals surface area contributed by atoms with Crippen molar-refractivity contribution in [3.8, 4) is 11.1 Å². The number of amides is 1. The third-order valence-corrected chi connectivity index (χ3v) is 6.37. The van der Waals surface area contributed by atoms with Crippen LogP contribution in [0.15, 0.2) is 85.1 Å². The van der Waals surface area contributed by atoms with E-state index in [-0.39, 0.29) is 11.7 Å². The lowest BCUT2D eigenvalue weighted by atomic mass is 9.93. The number of aromatic nitrogens is 3. The van der Waals surface area contributed by atoms with Crippen LogP contribution in [-0.2, 0) is 6.42 Å².